The zero-order chi connectivity index (χ0) is 20.4. The Morgan fingerprint density at radius 3 is 2.71 bits per heavy atom. The molecule has 28 heavy (non-hydrogen) atoms. The van der Waals surface area contributed by atoms with E-state index in [1.165, 1.54) is 23.1 Å². The zero-order valence-electron chi connectivity index (χ0n) is 16.3. The van der Waals surface area contributed by atoms with Gasteiger partial charge in [-0.3, -0.25) is 15.5 Å². The Kier molecular flexibility index (Phi) is 9.33. The second-order valence-corrected chi connectivity index (χ2v) is 8.88. The molecule has 0 aliphatic carbocycles. The van der Waals surface area contributed by atoms with Gasteiger partial charge in [-0.25, -0.2) is 0 Å². The van der Waals surface area contributed by atoms with E-state index in [2.05, 4.69) is 27.4 Å². The number of allylic oxidation sites excluding steroid dienone is 1. The number of carbonyl (C=O) groups is 1. The minimum Gasteiger partial charge on any atom is -0.309 e. The SMILES string of the molecule is C=C(CCCCc1nnc(NC(=O)C(Cc2ccccc2)NC)s1)SC(C)=N. The molecular formula is C20H27N5OS2. The van der Waals surface area contributed by atoms with Crippen molar-refractivity contribution in [1.29, 1.82) is 5.41 Å². The van der Waals surface area contributed by atoms with Crippen LogP contribution < -0.4 is 10.6 Å². The number of aryl methyl sites for hydroxylation is 1. The first-order valence-electron chi connectivity index (χ1n) is 9.23. The molecule has 1 heterocycles. The van der Waals surface area contributed by atoms with E-state index in [1.54, 1.807) is 14.0 Å². The molecule has 0 saturated carbocycles. The average Bonchev–Trinajstić information content (AvgIpc) is 3.10. The highest BCUT2D eigenvalue weighted by Gasteiger charge is 2.18. The van der Waals surface area contributed by atoms with Gasteiger partial charge in [0.25, 0.3) is 0 Å². The Labute approximate surface area is 174 Å². The summed E-state index contributed by atoms with van der Waals surface area (Å²) < 4.78 is 0. The number of benzene rings is 1. The number of anilines is 1. The fourth-order valence-corrected chi connectivity index (χ4v) is 4.10. The summed E-state index contributed by atoms with van der Waals surface area (Å²) >= 11 is 2.85. The summed E-state index contributed by atoms with van der Waals surface area (Å²) in [4.78, 5) is 13.5. The van der Waals surface area contributed by atoms with E-state index in [1.807, 2.05) is 30.3 Å². The van der Waals surface area contributed by atoms with Crippen molar-refractivity contribution in [3.05, 3.63) is 52.4 Å². The van der Waals surface area contributed by atoms with E-state index in [9.17, 15) is 4.79 Å². The Bertz CT molecular complexity index is 791. The molecule has 2 aromatic rings. The van der Waals surface area contributed by atoms with E-state index < -0.39 is 0 Å². The van der Waals surface area contributed by atoms with Crippen LogP contribution in [-0.4, -0.2) is 34.2 Å². The molecule has 8 heteroatoms. The van der Waals surface area contributed by atoms with E-state index >= 15 is 0 Å². The standard InChI is InChI=1S/C20H27N5OS2/c1-14(27-15(2)21)9-7-8-12-18-24-25-20(28-18)23-19(26)17(22-3)13-16-10-5-4-6-11-16/h4-6,10-11,17,21-22H,1,7-9,12-13H2,2-3H3,(H,23,25,26). The van der Waals surface area contributed by atoms with E-state index in [-0.39, 0.29) is 11.9 Å². The van der Waals surface area contributed by atoms with Crippen LogP contribution in [0.3, 0.4) is 0 Å². The summed E-state index contributed by atoms with van der Waals surface area (Å²) in [6, 6.07) is 9.60. The molecule has 1 atom stereocenters. The van der Waals surface area contributed by atoms with Crippen molar-refractivity contribution in [3.8, 4) is 0 Å². The van der Waals surface area contributed by atoms with Gasteiger partial charge >= 0.3 is 0 Å². The summed E-state index contributed by atoms with van der Waals surface area (Å²) in [7, 11) is 1.78. The predicted molar refractivity (Wildman–Crippen MR) is 119 cm³/mol. The van der Waals surface area contributed by atoms with Crippen molar-refractivity contribution < 1.29 is 4.79 Å². The molecule has 1 aromatic carbocycles. The third-order valence-electron chi connectivity index (χ3n) is 4.04. The van der Waals surface area contributed by atoms with E-state index in [0.717, 1.165) is 41.2 Å². The maximum atomic E-state index is 12.5. The number of hydrogen-bond acceptors (Lipinski definition) is 7. The van der Waals surface area contributed by atoms with Crippen molar-refractivity contribution in [1.82, 2.24) is 15.5 Å². The van der Waals surface area contributed by atoms with Crippen molar-refractivity contribution in [2.24, 2.45) is 0 Å². The van der Waals surface area contributed by atoms with E-state index in [0.29, 0.717) is 16.6 Å². The van der Waals surface area contributed by atoms with Gasteiger partial charge in [-0.05, 0) is 50.1 Å². The van der Waals surface area contributed by atoms with Crippen LogP contribution in [-0.2, 0) is 17.6 Å². The lowest BCUT2D eigenvalue weighted by molar-refractivity contribution is -0.118. The molecule has 1 unspecified atom stereocenters. The lowest BCUT2D eigenvalue weighted by Gasteiger charge is -2.14. The van der Waals surface area contributed by atoms with E-state index in [4.69, 9.17) is 5.41 Å². The Morgan fingerprint density at radius 1 is 1.29 bits per heavy atom. The van der Waals surface area contributed by atoms with Crippen LogP contribution >= 0.6 is 23.1 Å². The van der Waals surface area contributed by atoms with Gasteiger partial charge in [0.2, 0.25) is 11.0 Å². The predicted octanol–water partition coefficient (Wildman–Crippen LogP) is 4.26. The van der Waals surface area contributed by atoms with Crippen LogP contribution in [0.4, 0.5) is 5.13 Å². The number of nitrogens with one attached hydrogen (secondary N) is 3. The molecule has 2 rings (SSSR count). The summed E-state index contributed by atoms with van der Waals surface area (Å²) in [5, 5.41) is 23.7. The minimum atomic E-state index is -0.324. The molecule has 150 valence electrons. The Balaban J connectivity index is 1.77. The zero-order valence-corrected chi connectivity index (χ0v) is 18.0. The van der Waals surface area contributed by atoms with Crippen LogP contribution in [0.25, 0.3) is 0 Å². The maximum Gasteiger partial charge on any atom is 0.243 e. The van der Waals surface area contributed by atoms with Crippen LogP contribution in [0.2, 0.25) is 0 Å². The number of amides is 1. The molecule has 0 fully saturated rings. The smallest absolute Gasteiger partial charge is 0.243 e. The Hall–Kier alpha value is -2.03. The van der Waals surface area contributed by atoms with Gasteiger partial charge in [0, 0.05) is 6.42 Å². The molecule has 1 amide bonds. The van der Waals surface area contributed by atoms with Gasteiger partial charge in [-0.1, -0.05) is 60.0 Å². The molecule has 1 aromatic heterocycles. The third kappa shape index (κ3) is 7.92. The van der Waals surface area contributed by atoms with Crippen LogP contribution in [0, 0.1) is 5.41 Å². The maximum absolute atomic E-state index is 12.5. The van der Waals surface area contributed by atoms with Gasteiger partial charge in [-0.15, -0.1) is 10.2 Å². The van der Waals surface area contributed by atoms with Crippen molar-refractivity contribution in [2.75, 3.05) is 12.4 Å². The highest BCUT2D eigenvalue weighted by atomic mass is 32.2. The van der Waals surface area contributed by atoms with Crippen LogP contribution in [0.15, 0.2) is 41.8 Å². The lowest BCUT2D eigenvalue weighted by Crippen LogP contribution is -2.40. The number of nitrogens with zero attached hydrogens (tertiary/aromatic N) is 2. The third-order valence-corrected chi connectivity index (χ3v) is 5.74. The fraction of sp³-hybridized carbons (Fsp3) is 0.400. The van der Waals surface area contributed by atoms with Crippen molar-refractivity contribution in [3.63, 3.8) is 0 Å². The number of aromatic nitrogens is 2. The number of thioether (sulfide) groups is 1. The highest BCUT2D eigenvalue weighted by Crippen LogP contribution is 2.22. The molecular weight excluding hydrogens is 390 g/mol. The molecule has 0 saturated heterocycles. The molecule has 0 radical (unpaired) electrons. The number of unbranched alkanes of at least 4 members (excludes halogenated alkanes) is 1. The normalized spacial score (nSPS) is 11.8. The van der Waals surface area contributed by atoms with Gasteiger partial charge in [0.15, 0.2) is 0 Å². The summed E-state index contributed by atoms with van der Waals surface area (Å²) in [6.45, 7) is 5.74. The molecule has 0 bridgehead atoms. The van der Waals surface area contributed by atoms with Gasteiger partial charge in [0.05, 0.1) is 11.1 Å². The fourth-order valence-electron chi connectivity index (χ4n) is 2.64. The topological polar surface area (TPSA) is 90.8 Å². The first kappa shape index (κ1) is 22.3. The first-order valence-corrected chi connectivity index (χ1v) is 10.9. The van der Waals surface area contributed by atoms with Crippen molar-refractivity contribution >= 4 is 39.2 Å². The van der Waals surface area contributed by atoms with Gasteiger partial charge in [0.1, 0.15) is 5.01 Å². The first-order chi connectivity index (χ1) is 13.5. The second kappa shape index (κ2) is 11.7. The summed E-state index contributed by atoms with van der Waals surface area (Å²) in [6.07, 6.45) is 4.32. The minimum absolute atomic E-state index is 0.107. The van der Waals surface area contributed by atoms with Gasteiger partial charge in [-0.2, -0.15) is 0 Å². The quantitative estimate of drug-likeness (QED) is 0.289. The van der Waals surface area contributed by atoms with Crippen molar-refractivity contribution in [2.45, 2.75) is 45.1 Å². The van der Waals surface area contributed by atoms with Gasteiger partial charge < -0.3 is 5.32 Å². The van der Waals surface area contributed by atoms with Crippen LogP contribution in [0.5, 0.6) is 0 Å². The number of carbonyl (C=O) groups excluding carboxylic acids is 1. The summed E-state index contributed by atoms with van der Waals surface area (Å²) in [5.74, 6) is -0.107. The second-order valence-electron chi connectivity index (χ2n) is 6.43. The Morgan fingerprint density at radius 2 is 2.04 bits per heavy atom. The largest absolute Gasteiger partial charge is 0.309 e. The number of hydrogen-bond donors (Lipinski definition) is 3. The number of rotatable bonds is 11. The monoisotopic (exact) mass is 417 g/mol. The van der Waals surface area contributed by atoms with Crippen LogP contribution in [0.1, 0.15) is 36.8 Å². The molecule has 0 aliphatic rings. The summed E-state index contributed by atoms with van der Waals surface area (Å²) in [5.41, 5.74) is 1.10. The number of likely N-dealkylation sites (N-methyl/N-ethyl adjacent to an activating group) is 1. The highest BCUT2D eigenvalue weighted by molar-refractivity contribution is 8.17. The molecule has 6 nitrogen and oxygen atoms in total. The lowest BCUT2D eigenvalue weighted by atomic mass is 10.1. The molecule has 3 N–H and O–H groups in total. The molecule has 0 spiro atoms. The molecule has 0 aliphatic heterocycles. The average molecular weight is 418 g/mol.